The van der Waals surface area contributed by atoms with Crippen LogP contribution in [0.3, 0.4) is 0 Å². The van der Waals surface area contributed by atoms with Crippen LogP contribution in [0.25, 0.3) is 0 Å². The second-order valence-electron chi connectivity index (χ2n) is 2.77. The van der Waals surface area contributed by atoms with E-state index in [0.717, 1.165) is 18.2 Å². The molecular formula is C7H11N3S. The van der Waals surface area contributed by atoms with Crippen molar-refractivity contribution in [3.05, 3.63) is 6.33 Å². The molecule has 60 valence electrons. The molecule has 0 amide bonds. The van der Waals surface area contributed by atoms with Gasteiger partial charge in [0.05, 0.1) is 0 Å². The highest BCUT2D eigenvalue weighted by atomic mass is 32.1. The first-order chi connectivity index (χ1) is 5.47. The van der Waals surface area contributed by atoms with Crippen LogP contribution in [0.4, 0.5) is 5.13 Å². The van der Waals surface area contributed by atoms with E-state index in [2.05, 4.69) is 14.3 Å². The zero-order valence-electron chi connectivity index (χ0n) is 6.36. The summed E-state index contributed by atoms with van der Waals surface area (Å²) in [5.41, 5.74) is 0. The van der Waals surface area contributed by atoms with E-state index in [4.69, 9.17) is 0 Å². The van der Waals surface area contributed by atoms with E-state index < -0.39 is 0 Å². The first-order valence-electron chi connectivity index (χ1n) is 3.98. The molecule has 11 heavy (non-hydrogen) atoms. The van der Waals surface area contributed by atoms with Gasteiger partial charge in [0.15, 0.2) is 0 Å². The molecule has 1 fully saturated rings. The molecule has 0 N–H and O–H groups in total. The van der Waals surface area contributed by atoms with Gasteiger partial charge in [0, 0.05) is 24.6 Å². The standard InChI is InChI=1S/C7H11N3S/c1-2-4-10(5-3-1)7-8-6-9-11-7/h6H,1-5H2. The summed E-state index contributed by atoms with van der Waals surface area (Å²) in [6.45, 7) is 2.32. The molecule has 0 unspecified atom stereocenters. The molecule has 1 saturated heterocycles. The van der Waals surface area contributed by atoms with Gasteiger partial charge < -0.3 is 4.90 Å². The lowest BCUT2D eigenvalue weighted by Crippen LogP contribution is -2.29. The maximum atomic E-state index is 4.17. The largest absolute Gasteiger partial charge is 0.347 e. The van der Waals surface area contributed by atoms with Gasteiger partial charge in [-0.15, -0.1) is 0 Å². The maximum absolute atomic E-state index is 4.17. The molecule has 0 aromatic carbocycles. The molecule has 1 aromatic rings. The van der Waals surface area contributed by atoms with Crippen molar-refractivity contribution in [2.24, 2.45) is 0 Å². The molecule has 3 nitrogen and oxygen atoms in total. The number of piperidine rings is 1. The summed E-state index contributed by atoms with van der Waals surface area (Å²) in [6.07, 6.45) is 5.61. The molecular weight excluding hydrogens is 158 g/mol. The number of aromatic nitrogens is 2. The monoisotopic (exact) mass is 169 g/mol. The van der Waals surface area contributed by atoms with Crippen LogP contribution in [0.1, 0.15) is 19.3 Å². The Morgan fingerprint density at radius 3 is 2.73 bits per heavy atom. The number of rotatable bonds is 1. The van der Waals surface area contributed by atoms with Crippen molar-refractivity contribution in [2.75, 3.05) is 18.0 Å². The van der Waals surface area contributed by atoms with Crippen LogP contribution in [0.15, 0.2) is 6.33 Å². The first-order valence-corrected chi connectivity index (χ1v) is 4.76. The summed E-state index contributed by atoms with van der Waals surface area (Å²) in [4.78, 5) is 6.49. The van der Waals surface area contributed by atoms with Crippen molar-refractivity contribution in [3.8, 4) is 0 Å². The second kappa shape index (κ2) is 3.17. The van der Waals surface area contributed by atoms with Gasteiger partial charge in [-0.1, -0.05) is 0 Å². The minimum Gasteiger partial charge on any atom is -0.347 e. The van der Waals surface area contributed by atoms with E-state index in [1.807, 2.05) is 0 Å². The molecule has 2 rings (SSSR count). The molecule has 0 bridgehead atoms. The molecule has 4 heteroatoms. The van der Waals surface area contributed by atoms with Crippen LogP contribution in [0.5, 0.6) is 0 Å². The van der Waals surface area contributed by atoms with Crippen LogP contribution in [-0.4, -0.2) is 22.4 Å². The van der Waals surface area contributed by atoms with Gasteiger partial charge >= 0.3 is 0 Å². The fourth-order valence-corrected chi connectivity index (χ4v) is 1.97. The van der Waals surface area contributed by atoms with Gasteiger partial charge in [-0.2, -0.15) is 4.37 Å². The van der Waals surface area contributed by atoms with E-state index in [1.54, 1.807) is 6.33 Å². The van der Waals surface area contributed by atoms with Gasteiger partial charge in [-0.3, -0.25) is 0 Å². The molecule has 1 aromatic heterocycles. The summed E-state index contributed by atoms with van der Waals surface area (Å²) in [7, 11) is 0. The Labute approximate surface area is 70.2 Å². The fraction of sp³-hybridized carbons (Fsp3) is 0.714. The quantitative estimate of drug-likeness (QED) is 0.638. The normalized spacial score (nSPS) is 18.7. The van der Waals surface area contributed by atoms with Crippen molar-refractivity contribution in [1.29, 1.82) is 0 Å². The van der Waals surface area contributed by atoms with Gasteiger partial charge in [-0.05, 0) is 19.3 Å². The van der Waals surface area contributed by atoms with Crippen molar-refractivity contribution < 1.29 is 0 Å². The molecule has 0 radical (unpaired) electrons. The maximum Gasteiger partial charge on any atom is 0.204 e. The van der Waals surface area contributed by atoms with Crippen molar-refractivity contribution in [1.82, 2.24) is 9.36 Å². The molecule has 1 aliphatic rings. The Kier molecular flexibility index (Phi) is 2.03. The highest BCUT2D eigenvalue weighted by molar-refractivity contribution is 7.09. The molecule has 0 spiro atoms. The van der Waals surface area contributed by atoms with Crippen molar-refractivity contribution in [2.45, 2.75) is 19.3 Å². The topological polar surface area (TPSA) is 29.0 Å². The summed E-state index contributed by atoms with van der Waals surface area (Å²) < 4.78 is 3.99. The SMILES string of the molecule is c1nsc(N2CCCCC2)n1. The van der Waals surface area contributed by atoms with Gasteiger partial charge in [0.1, 0.15) is 6.33 Å². The predicted molar refractivity (Wildman–Crippen MR) is 46.0 cm³/mol. The van der Waals surface area contributed by atoms with Gasteiger partial charge in [0.25, 0.3) is 0 Å². The van der Waals surface area contributed by atoms with E-state index in [-0.39, 0.29) is 0 Å². The Bertz CT molecular complexity index is 203. The minimum absolute atomic E-state index is 1.09. The van der Waals surface area contributed by atoms with Crippen LogP contribution >= 0.6 is 11.5 Å². The summed E-state index contributed by atoms with van der Waals surface area (Å²) in [5, 5.41) is 1.09. The third-order valence-electron chi connectivity index (χ3n) is 1.98. The lowest BCUT2D eigenvalue weighted by atomic mass is 10.1. The van der Waals surface area contributed by atoms with Gasteiger partial charge in [0.2, 0.25) is 5.13 Å². The third kappa shape index (κ3) is 1.50. The van der Waals surface area contributed by atoms with Crippen LogP contribution in [-0.2, 0) is 0 Å². The smallest absolute Gasteiger partial charge is 0.204 e. The zero-order valence-corrected chi connectivity index (χ0v) is 7.18. The molecule has 1 aliphatic heterocycles. The third-order valence-corrected chi connectivity index (χ3v) is 2.70. The van der Waals surface area contributed by atoms with E-state index in [0.29, 0.717) is 0 Å². The van der Waals surface area contributed by atoms with E-state index in [1.165, 1.54) is 30.8 Å². The summed E-state index contributed by atoms with van der Waals surface area (Å²) in [5.74, 6) is 0. The number of anilines is 1. The summed E-state index contributed by atoms with van der Waals surface area (Å²) >= 11 is 1.49. The molecule has 0 atom stereocenters. The van der Waals surface area contributed by atoms with Crippen molar-refractivity contribution >= 4 is 16.7 Å². The van der Waals surface area contributed by atoms with Crippen molar-refractivity contribution in [3.63, 3.8) is 0 Å². The van der Waals surface area contributed by atoms with E-state index >= 15 is 0 Å². The minimum atomic E-state index is 1.09. The highest BCUT2D eigenvalue weighted by Crippen LogP contribution is 2.19. The van der Waals surface area contributed by atoms with Crippen LogP contribution in [0, 0.1) is 0 Å². The fourth-order valence-electron chi connectivity index (χ4n) is 1.39. The Morgan fingerprint density at radius 1 is 1.27 bits per heavy atom. The summed E-state index contributed by atoms with van der Waals surface area (Å²) in [6, 6.07) is 0. The lowest BCUT2D eigenvalue weighted by molar-refractivity contribution is 0.577. The van der Waals surface area contributed by atoms with E-state index in [9.17, 15) is 0 Å². The average Bonchev–Trinajstić information content (AvgIpc) is 2.58. The Hall–Kier alpha value is -0.640. The second-order valence-corrected chi connectivity index (χ2v) is 3.53. The first kappa shape index (κ1) is 7.03. The average molecular weight is 169 g/mol. The zero-order chi connectivity index (χ0) is 7.52. The highest BCUT2D eigenvalue weighted by Gasteiger charge is 2.12. The van der Waals surface area contributed by atoms with Gasteiger partial charge in [-0.25, -0.2) is 4.98 Å². The number of hydrogen-bond donors (Lipinski definition) is 0. The molecule has 2 heterocycles. The van der Waals surface area contributed by atoms with Crippen LogP contribution in [0.2, 0.25) is 0 Å². The lowest BCUT2D eigenvalue weighted by Gasteiger charge is -2.25. The Balaban J connectivity index is 2.04. The number of hydrogen-bond acceptors (Lipinski definition) is 4. The predicted octanol–water partition coefficient (Wildman–Crippen LogP) is 1.53. The van der Waals surface area contributed by atoms with Crippen LogP contribution < -0.4 is 4.90 Å². The molecule has 0 aliphatic carbocycles. The number of nitrogens with zero attached hydrogens (tertiary/aromatic N) is 3. The Morgan fingerprint density at radius 2 is 2.09 bits per heavy atom. The molecule has 0 saturated carbocycles.